The molecule has 3 aliphatic rings. The van der Waals surface area contributed by atoms with Gasteiger partial charge in [-0.1, -0.05) is 0 Å². The molecule has 2 bridgehead atoms. The Kier molecular flexibility index (Phi) is 2.04. The molecule has 0 aliphatic carbocycles. The summed E-state index contributed by atoms with van der Waals surface area (Å²) in [6, 6.07) is -0.537. The minimum absolute atomic E-state index is 0.145. The predicted molar refractivity (Wildman–Crippen MR) is 63.3 cm³/mol. The van der Waals surface area contributed by atoms with E-state index in [2.05, 4.69) is 5.32 Å². The zero-order valence-electron chi connectivity index (χ0n) is 10.4. The van der Waals surface area contributed by atoms with Gasteiger partial charge in [0.05, 0.1) is 6.04 Å². The minimum Gasteiger partial charge on any atom is -0.507 e. The average molecular weight is 263 g/mol. The number of ether oxygens (including phenoxy) is 3. The predicted octanol–water partition coefficient (Wildman–Crippen LogP) is 0.542. The maximum atomic E-state index is 11.6. The van der Waals surface area contributed by atoms with Crippen LogP contribution in [0.3, 0.4) is 0 Å². The quantitative estimate of drug-likeness (QED) is 0.665. The Labute approximate surface area is 109 Å². The normalized spacial score (nSPS) is 26.9. The molecule has 2 atom stereocenters. The molecule has 6 heteroatoms. The third-order valence-electron chi connectivity index (χ3n) is 4.00. The van der Waals surface area contributed by atoms with Crippen molar-refractivity contribution in [3.8, 4) is 17.2 Å². The van der Waals surface area contributed by atoms with Crippen LogP contribution in [0.2, 0.25) is 0 Å². The summed E-state index contributed by atoms with van der Waals surface area (Å²) in [5.74, 6) is 1.19. The van der Waals surface area contributed by atoms with Gasteiger partial charge in [0.25, 0.3) is 0 Å². The van der Waals surface area contributed by atoms with Crippen LogP contribution in [0.4, 0.5) is 0 Å². The van der Waals surface area contributed by atoms with Crippen LogP contribution in [0.25, 0.3) is 0 Å². The van der Waals surface area contributed by atoms with Crippen molar-refractivity contribution >= 4 is 5.97 Å². The van der Waals surface area contributed by atoms with E-state index in [1.807, 2.05) is 0 Å². The number of cyclic esters (lactones) is 1. The Bertz CT molecular complexity index is 597. The largest absolute Gasteiger partial charge is 0.507 e. The van der Waals surface area contributed by atoms with Crippen LogP contribution in [-0.2, 0) is 16.0 Å². The number of fused-ring (bicyclic) bond motifs is 6. The molecule has 1 saturated heterocycles. The van der Waals surface area contributed by atoms with E-state index in [0.717, 1.165) is 11.1 Å². The second-order valence-corrected chi connectivity index (χ2v) is 5.04. The van der Waals surface area contributed by atoms with E-state index in [1.165, 1.54) is 0 Å². The molecule has 1 aromatic carbocycles. The molecule has 1 fully saturated rings. The molecular weight excluding hydrogens is 250 g/mol. The number of esters is 1. The molecule has 19 heavy (non-hydrogen) atoms. The standard InChI is InChI=1S/C13H13NO5/c1-5-10(15)6-2-7-13(16)17-3-8(14-7)9(6)12-11(5)18-4-19-12/h7-8,14-15H,2-4H2,1H3/t7-,8-/m0/s1. The van der Waals surface area contributed by atoms with Gasteiger partial charge < -0.3 is 19.3 Å². The van der Waals surface area contributed by atoms with E-state index in [-0.39, 0.29) is 31.2 Å². The lowest BCUT2D eigenvalue weighted by Gasteiger charge is -2.37. The molecule has 100 valence electrons. The number of benzene rings is 1. The topological polar surface area (TPSA) is 77.0 Å². The van der Waals surface area contributed by atoms with Crippen molar-refractivity contribution in [3.63, 3.8) is 0 Å². The molecule has 2 N–H and O–H groups in total. The van der Waals surface area contributed by atoms with E-state index in [4.69, 9.17) is 14.2 Å². The van der Waals surface area contributed by atoms with Gasteiger partial charge in [-0.25, -0.2) is 0 Å². The molecule has 0 saturated carbocycles. The lowest BCUT2D eigenvalue weighted by atomic mass is 9.86. The maximum absolute atomic E-state index is 11.6. The molecule has 0 amide bonds. The van der Waals surface area contributed by atoms with Crippen molar-refractivity contribution in [2.24, 2.45) is 0 Å². The van der Waals surface area contributed by atoms with Gasteiger partial charge in [-0.05, 0) is 6.92 Å². The van der Waals surface area contributed by atoms with Crippen molar-refractivity contribution in [2.75, 3.05) is 13.4 Å². The molecule has 0 aromatic heterocycles. The molecule has 0 spiro atoms. The summed E-state index contributed by atoms with van der Waals surface area (Å²) in [7, 11) is 0. The third-order valence-corrected chi connectivity index (χ3v) is 4.00. The summed E-state index contributed by atoms with van der Waals surface area (Å²) < 4.78 is 16.1. The zero-order valence-corrected chi connectivity index (χ0v) is 10.4. The fourth-order valence-electron chi connectivity index (χ4n) is 3.07. The zero-order chi connectivity index (χ0) is 13.1. The van der Waals surface area contributed by atoms with Crippen molar-refractivity contribution in [2.45, 2.75) is 25.4 Å². The molecular formula is C13H13NO5. The van der Waals surface area contributed by atoms with Crippen molar-refractivity contribution in [1.29, 1.82) is 0 Å². The highest BCUT2D eigenvalue weighted by atomic mass is 16.7. The number of phenolic OH excluding ortho intramolecular Hbond substituents is 1. The molecule has 1 aromatic rings. The number of rotatable bonds is 0. The van der Waals surface area contributed by atoms with Gasteiger partial charge in [0.1, 0.15) is 18.4 Å². The van der Waals surface area contributed by atoms with Gasteiger partial charge in [0.15, 0.2) is 11.5 Å². The van der Waals surface area contributed by atoms with E-state index < -0.39 is 6.04 Å². The van der Waals surface area contributed by atoms with Gasteiger partial charge in [0.2, 0.25) is 6.79 Å². The number of morpholine rings is 1. The van der Waals surface area contributed by atoms with Gasteiger partial charge in [-0.2, -0.15) is 0 Å². The lowest BCUT2D eigenvalue weighted by Crippen LogP contribution is -2.51. The van der Waals surface area contributed by atoms with E-state index in [1.54, 1.807) is 6.92 Å². The van der Waals surface area contributed by atoms with Gasteiger partial charge in [0, 0.05) is 23.1 Å². The number of nitrogens with one attached hydrogen (secondary N) is 1. The number of hydrogen-bond acceptors (Lipinski definition) is 6. The highest BCUT2D eigenvalue weighted by molar-refractivity contribution is 5.79. The molecule has 3 aliphatic heterocycles. The first kappa shape index (κ1) is 10.9. The highest BCUT2D eigenvalue weighted by Crippen LogP contribution is 2.50. The number of hydrogen-bond donors (Lipinski definition) is 2. The third kappa shape index (κ3) is 1.32. The van der Waals surface area contributed by atoms with Crippen LogP contribution in [0.15, 0.2) is 0 Å². The molecule has 3 heterocycles. The van der Waals surface area contributed by atoms with E-state index >= 15 is 0 Å². The second kappa shape index (κ2) is 3.54. The molecule has 0 unspecified atom stereocenters. The lowest BCUT2D eigenvalue weighted by molar-refractivity contribution is -0.152. The smallest absolute Gasteiger partial charge is 0.323 e. The fourth-order valence-corrected chi connectivity index (χ4v) is 3.07. The van der Waals surface area contributed by atoms with E-state index in [0.29, 0.717) is 23.5 Å². The van der Waals surface area contributed by atoms with Crippen LogP contribution in [-0.4, -0.2) is 30.5 Å². The number of carbonyl (C=O) groups is 1. The molecule has 6 nitrogen and oxygen atoms in total. The highest BCUT2D eigenvalue weighted by Gasteiger charge is 2.42. The maximum Gasteiger partial charge on any atom is 0.323 e. The Balaban J connectivity index is 1.96. The number of phenols is 1. The minimum atomic E-state index is -0.392. The Hall–Kier alpha value is -1.95. The number of aromatic hydroxyl groups is 1. The first-order chi connectivity index (χ1) is 9.16. The van der Waals surface area contributed by atoms with Gasteiger partial charge in [-0.15, -0.1) is 0 Å². The summed E-state index contributed by atoms with van der Waals surface area (Å²) >= 11 is 0. The first-order valence-corrected chi connectivity index (χ1v) is 6.23. The molecule has 0 radical (unpaired) electrons. The van der Waals surface area contributed by atoms with Crippen molar-refractivity contribution < 1.29 is 24.1 Å². The van der Waals surface area contributed by atoms with Crippen LogP contribution in [0, 0.1) is 6.92 Å². The number of carbonyl (C=O) groups excluding carboxylic acids is 1. The van der Waals surface area contributed by atoms with E-state index in [9.17, 15) is 9.90 Å². The van der Waals surface area contributed by atoms with Crippen LogP contribution in [0.1, 0.15) is 22.7 Å². The summed E-state index contributed by atoms with van der Waals surface area (Å²) in [6.07, 6.45) is 0.411. The fraction of sp³-hybridized carbons (Fsp3) is 0.462. The average Bonchev–Trinajstić information content (AvgIpc) is 2.89. The monoisotopic (exact) mass is 263 g/mol. The Morgan fingerprint density at radius 2 is 2.00 bits per heavy atom. The molecule has 4 rings (SSSR count). The first-order valence-electron chi connectivity index (χ1n) is 6.23. The van der Waals surface area contributed by atoms with Crippen LogP contribution < -0.4 is 14.8 Å². The van der Waals surface area contributed by atoms with Crippen molar-refractivity contribution in [3.05, 3.63) is 16.7 Å². The SMILES string of the molecule is Cc1c(O)c2c(c3c1OCO3)[C@@H]1COC(=O)[C@H](C2)N1. The van der Waals surface area contributed by atoms with Crippen LogP contribution in [0.5, 0.6) is 17.2 Å². The second-order valence-electron chi connectivity index (χ2n) is 5.04. The summed E-state index contributed by atoms with van der Waals surface area (Å²) in [5, 5.41) is 13.5. The van der Waals surface area contributed by atoms with Crippen LogP contribution >= 0.6 is 0 Å². The van der Waals surface area contributed by atoms with Crippen molar-refractivity contribution in [1.82, 2.24) is 5.32 Å². The Morgan fingerprint density at radius 3 is 2.84 bits per heavy atom. The summed E-state index contributed by atoms with van der Waals surface area (Å²) in [6.45, 7) is 2.20. The Morgan fingerprint density at radius 1 is 1.21 bits per heavy atom. The van der Waals surface area contributed by atoms with Gasteiger partial charge in [-0.3, -0.25) is 10.1 Å². The summed E-state index contributed by atoms with van der Waals surface area (Å²) in [5.41, 5.74) is 2.30. The van der Waals surface area contributed by atoms with Gasteiger partial charge >= 0.3 is 5.97 Å². The summed E-state index contributed by atoms with van der Waals surface area (Å²) in [4.78, 5) is 11.6.